The molecule has 0 atom stereocenters. The molecule has 4 heteroatoms. The van der Waals surface area contributed by atoms with Crippen LogP contribution < -0.4 is 0 Å². The van der Waals surface area contributed by atoms with Crippen molar-refractivity contribution in [3.8, 4) is 11.4 Å². The van der Waals surface area contributed by atoms with Crippen molar-refractivity contribution < 1.29 is 4.79 Å². The first-order valence-electron chi connectivity index (χ1n) is 5.43. The molecule has 0 radical (unpaired) electrons. The Morgan fingerprint density at radius 2 is 2.06 bits per heavy atom. The van der Waals surface area contributed by atoms with Gasteiger partial charge < -0.3 is 4.98 Å². The van der Waals surface area contributed by atoms with E-state index in [1.165, 1.54) is 0 Å². The maximum absolute atomic E-state index is 11.8. The number of hydrogen-bond donors (Lipinski definition) is 1. The first-order chi connectivity index (χ1) is 8.22. The lowest BCUT2D eigenvalue weighted by Crippen LogP contribution is -2.02. The first kappa shape index (κ1) is 12.0. The van der Waals surface area contributed by atoms with Crippen LogP contribution >= 0.6 is 15.9 Å². The molecule has 17 heavy (non-hydrogen) atoms. The van der Waals surface area contributed by atoms with Gasteiger partial charge in [0.05, 0.1) is 0 Å². The fourth-order valence-electron chi connectivity index (χ4n) is 1.67. The summed E-state index contributed by atoms with van der Waals surface area (Å²) in [5.74, 6) is 0.818. The van der Waals surface area contributed by atoms with Crippen LogP contribution in [-0.4, -0.2) is 21.1 Å². The fourth-order valence-corrected chi connectivity index (χ4v) is 2.03. The number of aromatic nitrogens is 2. The number of halogens is 1. The molecular formula is C13H13BrN2O. The highest BCUT2D eigenvalue weighted by Gasteiger charge is 2.14. The van der Waals surface area contributed by atoms with Gasteiger partial charge in [-0.1, -0.05) is 46.3 Å². The van der Waals surface area contributed by atoms with Crippen molar-refractivity contribution >= 4 is 21.7 Å². The van der Waals surface area contributed by atoms with Crippen LogP contribution in [0.5, 0.6) is 0 Å². The Morgan fingerprint density at radius 3 is 2.71 bits per heavy atom. The quantitative estimate of drug-likeness (QED) is 0.694. The number of imidazole rings is 1. The zero-order chi connectivity index (χ0) is 12.3. The van der Waals surface area contributed by atoms with Crippen molar-refractivity contribution in [3.63, 3.8) is 0 Å². The van der Waals surface area contributed by atoms with Crippen molar-refractivity contribution in [3.05, 3.63) is 41.7 Å². The number of carbonyl (C=O) groups excluding carboxylic acids is 1. The van der Waals surface area contributed by atoms with Crippen LogP contribution in [0.1, 0.15) is 22.6 Å². The number of hydrogen-bond acceptors (Lipinski definition) is 2. The predicted molar refractivity (Wildman–Crippen MR) is 71.5 cm³/mol. The summed E-state index contributed by atoms with van der Waals surface area (Å²) in [6, 6.07) is 9.80. The molecule has 1 N–H and O–H groups in total. The van der Waals surface area contributed by atoms with Gasteiger partial charge in [0.25, 0.3) is 0 Å². The molecule has 0 spiro atoms. The van der Waals surface area contributed by atoms with Gasteiger partial charge in [0.2, 0.25) is 0 Å². The van der Waals surface area contributed by atoms with Gasteiger partial charge in [0, 0.05) is 23.0 Å². The van der Waals surface area contributed by atoms with Gasteiger partial charge in [-0.2, -0.15) is 0 Å². The Bertz CT molecular complexity index is 519. The molecule has 0 aliphatic rings. The largest absolute Gasteiger partial charge is 0.341 e. The topological polar surface area (TPSA) is 45.8 Å². The summed E-state index contributed by atoms with van der Waals surface area (Å²) in [5.41, 5.74) is 2.37. The number of nitrogens with one attached hydrogen (secondary N) is 1. The summed E-state index contributed by atoms with van der Waals surface area (Å²) >= 11 is 3.26. The normalized spacial score (nSPS) is 10.5. The second kappa shape index (κ2) is 5.27. The lowest BCUT2D eigenvalue weighted by atomic mass is 10.2. The average molecular weight is 293 g/mol. The number of rotatable bonds is 4. The predicted octanol–water partition coefficient (Wildman–Crippen LogP) is 3.35. The SMILES string of the molecule is Cc1[nH]c(-c2ccccc2)nc1C(=O)CCBr. The monoisotopic (exact) mass is 292 g/mol. The molecular weight excluding hydrogens is 280 g/mol. The molecule has 1 aromatic heterocycles. The number of alkyl halides is 1. The molecule has 1 aromatic carbocycles. The van der Waals surface area contributed by atoms with Crippen LogP contribution in [0.15, 0.2) is 30.3 Å². The molecule has 0 saturated heterocycles. The molecule has 0 saturated carbocycles. The van der Waals surface area contributed by atoms with E-state index in [-0.39, 0.29) is 5.78 Å². The van der Waals surface area contributed by atoms with E-state index >= 15 is 0 Å². The minimum absolute atomic E-state index is 0.0674. The minimum Gasteiger partial charge on any atom is -0.341 e. The van der Waals surface area contributed by atoms with E-state index < -0.39 is 0 Å². The number of benzene rings is 1. The summed E-state index contributed by atoms with van der Waals surface area (Å²) < 4.78 is 0. The van der Waals surface area contributed by atoms with E-state index in [0.717, 1.165) is 17.1 Å². The van der Waals surface area contributed by atoms with Gasteiger partial charge in [-0.3, -0.25) is 4.79 Å². The fraction of sp³-hybridized carbons (Fsp3) is 0.231. The second-order valence-electron chi connectivity index (χ2n) is 3.79. The molecule has 2 aromatic rings. The molecule has 3 nitrogen and oxygen atoms in total. The van der Waals surface area contributed by atoms with Gasteiger partial charge in [-0.25, -0.2) is 4.98 Å². The molecule has 88 valence electrons. The van der Waals surface area contributed by atoms with Crippen LogP contribution in [0.3, 0.4) is 0 Å². The van der Waals surface area contributed by atoms with Crippen molar-refractivity contribution in [1.29, 1.82) is 0 Å². The third kappa shape index (κ3) is 2.64. The Morgan fingerprint density at radius 1 is 1.35 bits per heavy atom. The summed E-state index contributed by atoms with van der Waals surface area (Å²) in [5, 5.41) is 0.665. The maximum Gasteiger partial charge on any atom is 0.183 e. The van der Waals surface area contributed by atoms with Crippen LogP contribution in [0.4, 0.5) is 0 Å². The van der Waals surface area contributed by atoms with E-state index in [1.807, 2.05) is 37.3 Å². The van der Waals surface area contributed by atoms with Crippen LogP contribution in [0.2, 0.25) is 0 Å². The summed E-state index contributed by atoms with van der Waals surface area (Å²) in [7, 11) is 0. The highest BCUT2D eigenvalue weighted by atomic mass is 79.9. The lowest BCUT2D eigenvalue weighted by Gasteiger charge is -1.94. The van der Waals surface area contributed by atoms with Crippen molar-refractivity contribution in [1.82, 2.24) is 9.97 Å². The highest BCUT2D eigenvalue weighted by molar-refractivity contribution is 9.09. The number of aromatic amines is 1. The zero-order valence-corrected chi connectivity index (χ0v) is 11.1. The molecule has 0 aliphatic heterocycles. The Balaban J connectivity index is 2.34. The molecule has 0 amide bonds. The zero-order valence-electron chi connectivity index (χ0n) is 9.53. The molecule has 0 unspecified atom stereocenters. The van der Waals surface area contributed by atoms with Crippen molar-refractivity contribution in [2.45, 2.75) is 13.3 Å². The van der Waals surface area contributed by atoms with Gasteiger partial charge in [0.15, 0.2) is 5.78 Å². The molecule has 2 rings (SSSR count). The van der Waals surface area contributed by atoms with E-state index in [0.29, 0.717) is 17.4 Å². The van der Waals surface area contributed by atoms with Crippen LogP contribution in [0, 0.1) is 6.92 Å². The summed E-state index contributed by atoms with van der Waals surface area (Å²) in [4.78, 5) is 19.3. The van der Waals surface area contributed by atoms with E-state index in [9.17, 15) is 4.79 Å². The highest BCUT2D eigenvalue weighted by Crippen LogP contribution is 2.18. The Hall–Kier alpha value is -1.42. The minimum atomic E-state index is 0.0674. The standard InChI is InChI=1S/C13H13BrN2O/c1-9-12(11(17)7-8-14)16-13(15-9)10-5-3-2-4-6-10/h2-6H,7-8H2,1H3,(H,15,16). The summed E-state index contributed by atoms with van der Waals surface area (Å²) in [6.45, 7) is 1.88. The lowest BCUT2D eigenvalue weighted by molar-refractivity contribution is 0.0985. The van der Waals surface area contributed by atoms with E-state index in [1.54, 1.807) is 0 Å². The van der Waals surface area contributed by atoms with Crippen LogP contribution in [-0.2, 0) is 0 Å². The third-order valence-electron chi connectivity index (χ3n) is 2.52. The van der Waals surface area contributed by atoms with E-state index in [2.05, 4.69) is 25.9 Å². The molecule has 0 aliphatic carbocycles. The number of carbonyl (C=O) groups is 1. The van der Waals surface area contributed by atoms with Gasteiger partial charge in [-0.05, 0) is 6.92 Å². The van der Waals surface area contributed by atoms with Crippen LogP contribution in [0.25, 0.3) is 11.4 Å². The Labute approximate surface area is 108 Å². The number of ketones is 1. The van der Waals surface area contributed by atoms with Gasteiger partial charge in [-0.15, -0.1) is 0 Å². The average Bonchev–Trinajstić information content (AvgIpc) is 2.73. The number of aryl methyl sites for hydroxylation is 1. The number of nitrogens with zero attached hydrogens (tertiary/aromatic N) is 1. The van der Waals surface area contributed by atoms with Gasteiger partial charge >= 0.3 is 0 Å². The molecule has 1 heterocycles. The molecule has 0 bridgehead atoms. The third-order valence-corrected chi connectivity index (χ3v) is 2.91. The second-order valence-corrected chi connectivity index (χ2v) is 4.58. The first-order valence-corrected chi connectivity index (χ1v) is 6.55. The smallest absolute Gasteiger partial charge is 0.183 e. The van der Waals surface area contributed by atoms with Crippen molar-refractivity contribution in [2.75, 3.05) is 5.33 Å². The Kier molecular flexibility index (Phi) is 3.74. The van der Waals surface area contributed by atoms with Crippen molar-refractivity contribution in [2.24, 2.45) is 0 Å². The number of H-pyrrole nitrogens is 1. The van der Waals surface area contributed by atoms with Gasteiger partial charge in [0.1, 0.15) is 11.5 Å². The maximum atomic E-state index is 11.8. The number of Topliss-reactive ketones (excluding diaryl/α,β-unsaturated/α-hetero) is 1. The summed E-state index contributed by atoms with van der Waals surface area (Å²) in [6.07, 6.45) is 0.472. The molecule has 0 fully saturated rings. The van der Waals surface area contributed by atoms with E-state index in [4.69, 9.17) is 0 Å².